The van der Waals surface area contributed by atoms with E-state index in [2.05, 4.69) is 20.2 Å². The summed E-state index contributed by atoms with van der Waals surface area (Å²) in [6, 6.07) is 9.59. The van der Waals surface area contributed by atoms with Gasteiger partial charge in [-0.15, -0.1) is 0 Å². The number of aromatic nitrogens is 3. The van der Waals surface area contributed by atoms with Gasteiger partial charge in [0.15, 0.2) is 5.82 Å². The van der Waals surface area contributed by atoms with Gasteiger partial charge in [0.2, 0.25) is 0 Å². The van der Waals surface area contributed by atoms with E-state index in [9.17, 15) is 4.79 Å². The predicted molar refractivity (Wildman–Crippen MR) is 131 cm³/mol. The number of carbonyl (C=O) groups excluding carboxylic acids is 1. The Morgan fingerprint density at radius 2 is 1.94 bits per heavy atom. The molecule has 1 amide bonds. The minimum atomic E-state index is -0.514. The number of nitrogens with one attached hydrogen (secondary N) is 1. The number of benzene rings is 1. The number of hydrogen-bond donors (Lipinski definition) is 1. The molecule has 4 heterocycles. The van der Waals surface area contributed by atoms with Gasteiger partial charge in [0, 0.05) is 13.1 Å². The quantitative estimate of drug-likeness (QED) is 0.568. The van der Waals surface area contributed by atoms with Crippen LogP contribution in [0.4, 0.5) is 26.5 Å². The maximum atomic E-state index is 15.1. The van der Waals surface area contributed by atoms with Crippen molar-refractivity contribution in [3.63, 3.8) is 0 Å². The summed E-state index contributed by atoms with van der Waals surface area (Å²) in [7, 11) is 0. The number of fused-ring (bicyclic) bond motifs is 3. The van der Waals surface area contributed by atoms with Crippen molar-refractivity contribution >= 4 is 34.4 Å². The van der Waals surface area contributed by atoms with Gasteiger partial charge in [-0.05, 0) is 69.7 Å². The van der Waals surface area contributed by atoms with Gasteiger partial charge in [-0.3, -0.25) is 0 Å². The van der Waals surface area contributed by atoms with Gasteiger partial charge in [0.1, 0.15) is 29.1 Å². The van der Waals surface area contributed by atoms with Gasteiger partial charge in [-0.2, -0.15) is 0 Å². The second-order valence-corrected chi connectivity index (χ2v) is 10.7. The highest BCUT2D eigenvalue weighted by atomic mass is 19.1. The first-order chi connectivity index (χ1) is 16.8. The first kappa shape index (κ1) is 22.0. The summed E-state index contributed by atoms with van der Waals surface area (Å²) in [6.45, 7) is 6.94. The van der Waals surface area contributed by atoms with E-state index in [1.54, 1.807) is 6.07 Å². The number of rotatable bonds is 4. The highest BCUT2D eigenvalue weighted by Gasteiger charge is 2.47. The van der Waals surface area contributed by atoms with Gasteiger partial charge in [0.25, 0.3) is 0 Å². The van der Waals surface area contributed by atoms with Crippen molar-refractivity contribution in [3.8, 4) is 0 Å². The molecule has 2 saturated heterocycles. The molecule has 2 bridgehead atoms. The Labute approximate surface area is 203 Å². The highest BCUT2D eigenvalue weighted by Crippen LogP contribution is 2.43. The molecule has 1 aliphatic carbocycles. The summed E-state index contributed by atoms with van der Waals surface area (Å²) in [5.74, 6) is 1.37. The molecule has 0 spiro atoms. The molecule has 3 fully saturated rings. The largest absolute Gasteiger partial charge is 0.444 e. The van der Waals surface area contributed by atoms with Crippen molar-refractivity contribution in [2.24, 2.45) is 0 Å². The Hall–Kier alpha value is -3.49. The van der Waals surface area contributed by atoms with Gasteiger partial charge >= 0.3 is 6.09 Å². The minimum absolute atomic E-state index is 0.0937. The summed E-state index contributed by atoms with van der Waals surface area (Å²) in [4.78, 5) is 30.3. The first-order valence-corrected chi connectivity index (χ1v) is 12.2. The van der Waals surface area contributed by atoms with Crippen LogP contribution in [0, 0.1) is 5.82 Å². The monoisotopic (exact) mass is 476 g/mol. The van der Waals surface area contributed by atoms with Crippen LogP contribution in [-0.2, 0) is 4.74 Å². The van der Waals surface area contributed by atoms with Crippen LogP contribution in [0.2, 0.25) is 0 Å². The highest BCUT2D eigenvalue weighted by molar-refractivity contribution is 5.88. The Bertz CT molecular complexity index is 1300. The first-order valence-electron chi connectivity index (χ1n) is 12.2. The van der Waals surface area contributed by atoms with E-state index in [-0.39, 0.29) is 24.0 Å². The SMILES string of the molecule is CC(C)(C)OC(=O)N1C[C@@H]2C[C@H]1CN2c1ccc2ncnc(Nc3cccc(C4CC4)c3F)c2n1. The van der Waals surface area contributed by atoms with Gasteiger partial charge in [0.05, 0.1) is 23.3 Å². The average molecular weight is 477 g/mol. The minimum Gasteiger partial charge on any atom is -0.444 e. The number of pyridine rings is 1. The number of halogens is 1. The summed E-state index contributed by atoms with van der Waals surface area (Å²) >= 11 is 0. The smallest absolute Gasteiger partial charge is 0.410 e. The third-order valence-electron chi connectivity index (χ3n) is 6.93. The van der Waals surface area contributed by atoms with E-state index >= 15 is 4.39 Å². The molecule has 9 heteroatoms. The molecular formula is C26H29FN6O2. The average Bonchev–Trinajstić information content (AvgIpc) is 3.45. The fourth-order valence-corrected chi connectivity index (χ4v) is 5.16. The van der Waals surface area contributed by atoms with Gasteiger partial charge < -0.3 is 19.9 Å². The molecule has 1 N–H and O–H groups in total. The Kier molecular flexibility index (Phi) is 5.05. The number of likely N-dealkylation sites (tertiary alicyclic amines) is 1. The third kappa shape index (κ3) is 4.13. The van der Waals surface area contributed by atoms with Crippen LogP contribution < -0.4 is 10.2 Å². The van der Waals surface area contributed by atoms with Crippen LogP contribution in [-0.4, -0.2) is 56.7 Å². The zero-order chi connectivity index (χ0) is 24.3. The van der Waals surface area contributed by atoms with E-state index in [4.69, 9.17) is 9.72 Å². The second kappa shape index (κ2) is 8.03. The van der Waals surface area contributed by atoms with Crippen molar-refractivity contribution < 1.29 is 13.9 Å². The fourth-order valence-electron chi connectivity index (χ4n) is 5.16. The van der Waals surface area contributed by atoms with E-state index in [0.29, 0.717) is 41.5 Å². The number of ether oxygens (including phenoxy) is 1. The maximum Gasteiger partial charge on any atom is 0.410 e. The molecule has 2 aromatic heterocycles. The molecule has 8 nitrogen and oxygen atoms in total. The lowest BCUT2D eigenvalue weighted by Gasteiger charge is -2.35. The summed E-state index contributed by atoms with van der Waals surface area (Å²) in [5, 5.41) is 3.16. The molecule has 6 rings (SSSR count). The van der Waals surface area contributed by atoms with E-state index in [1.165, 1.54) is 6.33 Å². The van der Waals surface area contributed by atoms with Crippen molar-refractivity contribution in [3.05, 3.63) is 48.0 Å². The van der Waals surface area contributed by atoms with Crippen LogP contribution in [0.5, 0.6) is 0 Å². The molecule has 1 aromatic carbocycles. The number of anilines is 3. The van der Waals surface area contributed by atoms with Crippen molar-refractivity contribution in [2.45, 2.75) is 63.6 Å². The number of piperazine rings is 1. The predicted octanol–water partition coefficient (Wildman–Crippen LogP) is 4.98. The Balaban J connectivity index is 1.25. The molecule has 2 aliphatic heterocycles. The molecule has 1 saturated carbocycles. The number of nitrogens with zero attached hydrogens (tertiary/aromatic N) is 5. The molecular weight excluding hydrogens is 447 g/mol. The molecule has 0 radical (unpaired) electrons. The number of amides is 1. The van der Waals surface area contributed by atoms with E-state index in [0.717, 1.165) is 30.6 Å². The van der Waals surface area contributed by atoms with Gasteiger partial charge in [-0.25, -0.2) is 24.1 Å². The maximum absolute atomic E-state index is 15.1. The lowest BCUT2D eigenvalue weighted by atomic mass is 10.1. The molecule has 0 unspecified atom stereocenters. The zero-order valence-corrected chi connectivity index (χ0v) is 20.2. The summed E-state index contributed by atoms with van der Waals surface area (Å²) in [6.07, 6.45) is 4.15. The molecule has 182 valence electrons. The Morgan fingerprint density at radius 3 is 2.66 bits per heavy atom. The van der Waals surface area contributed by atoms with Crippen LogP contribution in [0.3, 0.4) is 0 Å². The molecule has 35 heavy (non-hydrogen) atoms. The fraction of sp³-hybridized carbons (Fsp3) is 0.462. The van der Waals surface area contributed by atoms with E-state index < -0.39 is 5.60 Å². The Morgan fingerprint density at radius 1 is 1.11 bits per heavy atom. The molecule has 2 atom stereocenters. The van der Waals surface area contributed by atoms with Crippen LogP contribution in [0.15, 0.2) is 36.7 Å². The van der Waals surface area contributed by atoms with Gasteiger partial charge in [-0.1, -0.05) is 12.1 Å². The zero-order valence-electron chi connectivity index (χ0n) is 20.2. The number of carbonyl (C=O) groups is 1. The normalized spacial score (nSPS) is 21.6. The van der Waals surface area contributed by atoms with Crippen molar-refractivity contribution in [2.75, 3.05) is 23.3 Å². The topological polar surface area (TPSA) is 83.5 Å². The van der Waals surface area contributed by atoms with Crippen molar-refractivity contribution in [1.82, 2.24) is 19.9 Å². The molecule has 3 aromatic rings. The summed E-state index contributed by atoms with van der Waals surface area (Å²) < 4.78 is 20.7. The third-order valence-corrected chi connectivity index (χ3v) is 6.93. The van der Waals surface area contributed by atoms with Crippen molar-refractivity contribution in [1.29, 1.82) is 0 Å². The van der Waals surface area contributed by atoms with Crippen LogP contribution in [0.1, 0.15) is 51.5 Å². The summed E-state index contributed by atoms with van der Waals surface area (Å²) in [5.41, 5.74) is 1.91. The van der Waals surface area contributed by atoms with Crippen LogP contribution in [0.25, 0.3) is 11.0 Å². The number of hydrogen-bond acceptors (Lipinski definition) is 7. The standard InChI is InChI=1S/C26H29FN6O2/c1-26(2,3)35-25(34)33-13-16-11-17(33)12-32(16)21-10-9-20-23(31-21)24(29-14-28-20)30-19-6-4-5-18(22(19)27)15-7-8-15/h4-6,9-10,14-17H,7-8,11-13H2,1-3H3,(H,28,29,30)/t16-,17-/m0/s1. The second-order valence-electron chi connectivity index (χ2n) is 10.7. The molecule has 3 aliphatic rings. The van der Waals surface area contributed by atoms with Crippen LogP contribution >= 0.6 is 0 Å². The van der Waals surface area contributed by atoms with E-state index in [1.807, 2.05) is 49.9 Å². The lowest BCUT2D eigenvalue weighted by molar-refractivity contribution is 0.0214. The lowest BCUT2D eigenvalue weighted by Crippen LogP contribution is -2.50.